The van der Waals surface area contributed by atoms with Crippen LogP contribution in [0.2, 0.25) is 0 Å². The summed E-state index contributed by atoms with van der Waals surface area (Å²) >= 11 is 0. The average Bonchev–Trinajstić information content (AvgIpc) is 3.20. The van der Waals surface area contributed by atoms with E-state index in [-0.39, 0.29) is 18.8 Å². The quantitative estimate of drug-likeness (QED) is 0.741. The van der Waals surface area contributed by atoms with Gasteiger partial charge < -0.3 is 24.4 Å². The Labute approximate surface area is 105 Å². The molecule has 0 spiro atoms. The SMILES string of the molecule is OC[C@@H]1O[C@@H](OCc2ccccc2)[C@H](O)[C@@H]2O[C@@H]21. The fourth-order valence-electron chi connectivity index (χ4n) is 2.23. The molecule has 1 aromatic carbocycles. The molecule has 2 N–H and O–H groups in total. The first kappa shape index (κ1) is 12.1. The minimum Gasteiger partial charge on any atom is -0.394 e. The number of rotatable bonds is 4. The van der Waals surface area contributed by atoms with Crippen molar-refractivity contribution in [2.75, 3.05) is 6.61 Å². The van der Waals surface area contributed by atoms with Gasteiger partial charge in [-0.05, 0) is 5.56 Å². The summed E-state index contributed by atoms with van der Waals surface area (Å²) in [6.07, 6.45) is -2.40. The third-order valence-electron chi connectivity index (χ3n) is 3.29. The molecular weight excluding hydrogens is 236 g/mol. The highest BCUT2D eigenvalue weighted by atomic mass is 16.7. The van der Waals surface area contributed by atoms with Crippen LogP contribution in [0.4, 0.5) is 0 Å². The zero-order valence-corrected chi connectivity index (χ0v) is 9.81. The van der Waals surface area contributed by atoms with Crippen LogP contribution in [0, 0.1) is 0 Å². The molecule has 0 aliphatic carbocycles. The molecule has 2 fully saturated rings. The van der Waals surface area contributed by atoms with Crippen LogP contribution >= 0.6 is 0 Å². The molecular formula is C13H16O5. The molecule has 98 valence electrons. The van der Waals surface area contributed by atoms with Gasteiger partial charge in [0.15, 0.2) is 6.29 Å². The van der Waals surface area contributed by atoms with Gasteiger partial charge in [0.2, 0.25) is 0 Å². The van der Waals surface area contributed by atoms with E-state index in [1.165, 1.54) is 0 Å². The van der Waals surface area contributed by atoms with Crippen LogP contribution in [0.1, 0.15) is 5.56 Å². The number of fused-ring (bicyclic) bond motifs is 1. The first-order chi connectivity index (χ1) is 8.79. The molecule has 0 amide bonds. The molecule has 0 radical (unpaired) electrons. The van der Waals surface area contributed by atoms with Crippen molar-refractivity contribution in [1.82, 2.24) is 0 Å². The van der Waals surface area contributed by atoms with E-state index in [1.807, 2.05) is 30.3 Å². The molecule has 5 heteroatoms. The standard InChI is InChI=1S/C13H16O5/c14-6-9-11-12(18-11)10(15)13(17-9)16-7-8-4-2-1-3-5-8/h1-5,9-15H,6-7H2/t9-,10+,11+,12-,13+/m0/s1. The number of hydrogen-bond donors (Lipinski definition) is 2. The summed E-state index contributed by atoms with van der Waals surface area (Å²) < 4.78 is 16.3. The Morgan fingerprint density at radius 1 is 1.11 bits per heavy atom. The van der Waals surface area contributed by atoms with Gasteiger partial charge in [-0.15, -0.1) is 0 Å². The summed E-state index contributed by atoms with van der Waals surface area (Å²) in [6, 6.07) is 9.66. The number of epoxide rings is 1. The summed E-state index contributed by atoms with van der Waals surface area (Å²) in [5.74, 6) is 0. The van der Waals surface area contributed by atoms with Gasteiger partial charge in [-0.1, -0.05) is 30.3 Å². The van der Waals surface area contributed by atoms with Crippen molar-refractivity contribution < 1.29 is 24.4 Å². The predicted molar refractivity (Wildman–Crippen MR) is 61.6 cm³/mol. The molecule has 0 saturated carbocycles. The van der Waals surface area contributed by atoms with Gasteiger partial charge in [-0.3, -0.25) is 0 Å². The number of benzene rings is 1. The van der Waals surface area contributed by atoms with Crippen LogP contribution in [-0.4, -0.2) is 47.5 Å². The fraction of sp³-hybridized carbons (Fsp3) is 0.538. The molecule has 18 heavy (non-hydrogen) atoms. The van der Waals surface area contributed by atoms with Gasteiger partial charge in [0.25, 0.3) is 0 Å². The van der Waals surface area contributed by atoms with Gasteiger partial charge in [-0.2, -0.15) is 0 Å². The Morgan fingerprint density at radius 2 is 1.89 bits per heavy atom. The monoisotopic (exact) mass is 252 g/mol. The van der Waals surface area contributed by atoms with Crippen molar-refractivity contribution in [3.8, 4) is 0 Å². The Morgan fingerprint density at radius 3 is 2.61 bits per heavy atom. The summed E-state index contributed by atoms with van der Waals surface area (Å²) in [4.78, 5) is 0. The maximum absolute atomic E-state index is 9.91. The summed E-state index contributed by atoms with van der Waals surface area (Å²) in [7, 11) is 0. The molecule has 1 aromatic rings. The van der Waals surface area contributed by atoms with Crippen LogP contribution < -0.4 is 0 Å². The van der Waals surface area contributed by atoms with E-state index in [0.717, 1.165) is 5.56 Å². The van der Waals surface area contributed by atoms with Gasteiger partial charge in [-0.25, -0.2) is 0 Å². The van der Waals surface area contributed by atoms with E-state index in [0.29, 0.717) is 6.61 Å². The predicted octanol–water partition coefficient (Wildman–Crippen LogP) is 0.0487. The van der Waals surface area contributed by atoms with Crippen molar-refractivity contribution in [3.63, 3.8) is 0 Å². The molecule has 0 bridgehead atoms. The Bertz CT molecular complexity index is 396. The first-order valence-corrected chi connectivity index (χ1v) is 6.05. The van der Waals surface area contributed by atoms with E-state index < -0.39 is 18.5 Å². The number of ether oxygens (including phenoxy) is 3. The third kappa shape index (κ3) is 2.28. The summed E-state index contributed by atoms with van der Waals surface area (Å²) in [5.41, 5.74) is 1.01. The van der Waals surface area contributed by atoms with Crippen molar-refractivity contribution in [1.29, 1.82) is 0 Å². The Balaban J connectivity index is 1.58. The van der Waals surface area contributed by atoms with Gasteiger partial charge in [0.05, 0.1) is 13.2 Å². The molecule has 0 aromatic heterocycles. The number of aliphatic hydroxyl groups excluding tert-OH is 2. The van der Waals surface area contributed by atoms with Gasteiger partial charge >= 0.3 is 0 Å². The number of hydrogen-bond acceptors (Lipinski definition) is 5. The second-order valence-corrected chi connectivity index (χ2v) is 4.58. The minimum absolute atomic E-state index is 0.126. The second-order valence-electron chi connectivity index (χ2n) is 4.58. The lowest BCUT2D eigenvalue weighted by atomic mass is 10.1. The lowest BCUT2D eigenvalue weighted by Gasteiger charge is -2.29. The maximum Gasteiger partial charge on any atom is 0.187 e. The molecule has 5 atom stereocenters. The zero-order chi connectivity index (χ0) is 12.5. The molecule has 3 rings (SSSR count). The van der Waals surface area contributed by atoms with Crippen molar-refractivity contribution in [2.24, 2.45) is 0 Å². The van der Waals surface area contributed by atoms with Crippen LogP contribution in [0.25, 0.3) is 0 Å². The van der Waals surface area contributed by atoms with E-state index in [2.05, 4.69) is 0 Å². The van der Waals surface area contributed by atoms with Crippen LogP contribution in [0.5, 0.6) is 0 Å². The highest BCUT2D eigenvalue weighted by Crippen LogP contribution is 2.37. The molecule has 2 heterocycles. The van der Waals surface area contributed by atoms with Crippen LogP contribution in [-0.2, 0) is 20.8 Å². The fourth-order valence-corrected chi connectivity index (χ4v) is 2.23. The maximum atomic E-state index is 9.91. The van der Waals surface area contributed by atoms with E-state index in [4.69, 9.17) is 19.3 Å². The highest BCUT2D eigenvalue weighted by molar-refractivity contribution is 5.13. The van der Waals surface area contributed by atoms with Gasteiger partial charge in [0, 0.05) is 0 Å². The lowest BCUT2D eigenvalue weighted by molar-refractivity contribution is -0.239. The highest BCUT2D eigenvalue weighted by Gasteiger charge is 2.57. The normalized spacial score (nSPS) is 38.2. The minimum atomic E-state index is -0.790. The van der Waals surface area contributed by atoms with E-state index in [1.54, 1.807) is 0 Å². The third-order valence-corrected chi connectivity index (χ3v) is 3.29. The average molecular weight is 252 g/mol. The topological polar surface area (TPSA) is 71.5 Å². The van der Waals surface area contributed by atoms with E-state index in [9.17, 15) is 5.11 Å². The summed E-state index contributed by atoms with van der Waals surface area (Å²) in [6.45, 7) is 0.233. The largest absolute Gasteiger partial charge is 0.394 e. The van der Waals surface area contributed by atoms with Crippen molar-refractivity contribution in [3.05, 3.63) is 35.9 Å². The van der Waals surface area contributed by atoms with E-state index >= 15 is 0 Å². The lowest BCUT2D eigenvalue weighted by Crippen LogP contribution is -2.47. The molecule has 0 unspecified atom stereocenters. The van der Waals surface area contributed by atoms with Crippen molar-refractivity contribution in [2.45, 2.75) is 37.3 Å². The first-order valence-electron chi connectivity index (χ1n) is 6.05. The van der Waals surface area contributed by atoms with Crippen LogP contribution in [0.15, 0.2) is 30.3 Å². The molecule has 2 saturated heterocycles. The Kier molecular flexibility index (Phi) is 3.32. The summed E-state index contributed by atoms with van der Waals surface area (Å²) in [5, 5.41) is 19.0. The zero-order valence-electron chi connectivity index (χ0n) is 9.81. The second kappa shape index (κ2) is 4.95. The molecule has 2 aliphatic rings. The van der Waals surface area contributed by atoms with Crippen LogP contribution in [0.3, 0.4) is 0 Å². The van der Waals surface area contributed by atoms with Gasteiger partial charge in [0.1, 0.15) is 24.4 Å². The molecule has 2 aliphatic heterocycles. The Hall–Kier alpha value is -0.980. The smallest absolute Gasteiger partial charge is 0.187 e. The van der Waals surface area contributed by atoms with Crippen molar-refractivity contribution >= 4 is 0 Å². The molecule has 5 nitrogen and oxygen atoms in total. The number of aliphatic hydroxyl groups is 2.